The van der Waals surface area contributed by atoms with E-state index in [4.69, 9.17) is 9.15 Å². The third-order valence-corrected chi connectivity index (χ3v) is 5.93. The van der Waals surface area contributed by atoms with E-state index in [0.29, 0.717) is 28.5 Å². The predicted molar refractivity (Wildman–Crippen MR) is 125 cm³/mol. The minimum Gasteiger partial charge on any atom is -0.466 e. The molecule has 166 valence electrons. The van der Waals surface area contributed by atoms with Crippen molar-refractivity contribution in [1.82, 2.24) is 9.88 Å². The fourth-order valence-corrected chi connectivity index (χ4v) is 4.21. The molecule has 1 fully saturated rings. The Hall–Kier alpha value is -2.71. The predicted octanol–water partition coefficient (Wildman–Crippen LogP) is 3.80. The van der Waals surface area contributed by atoms with Crippen LogP contribution in [0.3, 0.4) is 0 Å². The highest BCUT2D eigenvalue weighted by Crippen LogP contribution is 2.27. The molecule has 1 aliphatic heterocycles. The van der Waals surface area contributed by atoms with Crippen molar-refractivity contribution in [3.63, 3.8) is 0 Å². The van der Waals surface area contributed by atoms with Gasteiger partial charge in [-0.15, -0.1) is 11.3 Å². The number of thiazole rings is 1. The first-order chi connectivity index (χ1) is 15.0. The number of piperazine rings is 1. The molecule has 0 N–H and O–H groups in total. The van der Waals surface area contributed by atoms with Gasteiger partial charge < -0.3 is 19.0 Å². The molecule has 0 aliphatic carbocycles. The number of hydrogen-bond donors (Lipinski definition) is 0. The van der Waals surface area contributed by atoms with E-state index in [1.165, 1.54) is 11.3 Å². The van der Waals surface area contributed by atoms with Crippen LogP contribution in [0.25, 0.3) is 21.5 Å². The average molecular weight is 444 g/mol. The second kappa shape index (κ2) is 10.5. The van der Waals surface area contributed by atoms with Gasteiger partial charge in [0.05, 0.1) is 24.3 Å². The van der Waals surface area contributed by atoms with Gasteiger partial charge in [-0.25, -0.2) is 9.78 Å². The molecule has 1 aliphatic rings. The second-order valence-corrected chi connectivity index (χ2v) is 7.94. The summed E-state index contributed by atoms with van der Waals surface area (Å²) in [7, 11) is 2.12. The van der Waals surface area contributed by atoms with E-state index < -0.39 is 5.63 Å². The first-order valence-electron chi connectivity index (χ1n) is 10.7. The van der Waals surface area contributed by atoms with Crippen LogP contribution in [0.5, 0.6) is 0 Å². The molecule has 3 aromatic rings. The van der Waals surface area contributed by atoms with Crippen LogP contribution in [-0.2, 0) is 16.0 Å². The summed E-state index contributed by atoms with van der Waals surface area (Å²) in [6.07, 6.45) is 0.0949. The smallest absolute Gasteiger partial charge is 0.346 e. The van der Waals surface area contributed by atoms with E-state index >= 15 is 0 Å². The van der Waals surface area contributed by atoms with Crippen molar-refractivity contribution in [2.24, 2.45) is 0 Å². The summed E-state index contributed by atoms with van der Waals surface area (Å²) < 4.78 is 10.6. The maximum Gasteiger partial charge on any atom is 0.346 e. The Morgan fingerprint density at radius 2 is 1.94 bits per heavy atom. The number of ether oxygens (including phenoxy) is 1. The van der Waals surface area contributed by atoms with Gasteiger partial charge in [0.2, 0.25) is 0 Å². The van der Waals surface area contributed by atoms with Gasteiger partial charge in [0.25, 0.3) is 0 Å². The number of fused-ring (bicyclic) bond motifs is 1. The zero-order valence-electron chi connectivity index (χ0n) is 18.5. The molecule has 0 unspecified atom stereocenters. The van der Waals surface area contributed by atoms with Crippen LogP contribution in [-0.4, -0.2) is 55.7 Å². The summed E-state index contributed by atoms with van der Waals surface area (Å²) in [5, 5.41) is 3.16. The van der Waals surface area contributed by atoms with E-state index in [0.717, 1.165) is 37.3 Å². The van der Waals surface area contributed by atoms with E-state index in [2.05, 4.69) is 27.9 Å². The monoisotopic (exact) mass is 443 g/mol. The van der Waals surface area contributed by atoms with Crippen LogP contribution < -0.4 is 10.5 Å². The summed E-state index contributed by atoms with van der Waals surface area (Å²) in [5.74, 6) is -0.327. The molecule has 1 aromatic carbocycles. The van der Waals surface area contributed by atoms with Crippen LogP contribution in [0.4, 0.5) is 5.69 Å². The van der Waals surface area contributed by atoms with Gasteiger partial charge >= 0.3 is 11.6 Å². The third kappa shape index (κ3) is 5.51. The molecule has 0 radical (unpaired) electrons. The minimum absolute atomic E-state index is 0.0949. The maximum absolute atomic E-state index is 12.6. The Labute approximate surface area is 186 Å². The van der Waals surface area contributed by atoms with E-state index in [-0.39, 0.29) is 12.4 Å². The van der Waals surface area contributed by atoms with Crippen LogP contribution >= 0.6 is 11.3 Å². The van der Waals surface area contributed by atoms with Gasteiger partial charge in [-0.1, -0.05) is 13.8 Å². The number of rotatable bonds is 5. The molecule has 7 nitrogen and oxygen atoms in total. The van der Waals surface area contributed by atoms with Crippen molar-refractivity contribution in [1.29, 1.82) is 0 Å². The van der Waals surface area contributed by atoms with Crippen LogP contribution in [0.1, 0.15) is 26.5 Å². The zero-order valence-corrected chi connectivity index (χ0v) is 19.3. The van der Waals surface area contributed by atoms with E-state index in [1.807, 2.05) is 32.0 Å². The van der Waals surface area contributed by atoms with Gasteiger partial charge in [-0.2, -0.15) is 0 Å². The molecule has 2 aromatic heterocycles. The molecular formula is C23H29N3O4S. The lowest BCUT2D eigenvalue weighted by atomic mass is 10.1. The number of carbonyl (C=O) groups excluding carboxylic acids is 1. The number of carbonyl (C=O) groups is 1. The average Bonchev–Trinajstić information content (AvgIpc) is 3.23. The number of aromatic nitrogens is 1. The Bertz CT molecular complexity index is 1080. The van der Waals surface area contributed by atoms with Crippen molar-refractivity contribution >= 4 is 34.0 Å². The lowest BCUT2D eigenvalue weighted by Gasteiger charge is -2.34. The lowest BCUT2D eigenvalue weighted by Crippen LogP contribution is -2.44. The summed E-state index contributed by atoms with van der Waals surface area (Å²) in [6, 6.07) is 7.77. The van der Waals surface area contributed by atoms with Crippen molar-refractivity contribution in [2.45, 2.75) is 27.2 Å². The summed E-state index contributed by atoms with van der Waals surface area (Å²) >= 11 is 1.32. The number of hydrogen-bond acceptors (Lipinski definition) is 8. The Kier molecular flexibility index (Phi) is 7.81. The molecular weight excluding hydrogens is 414 g/mol. The van der Waals surface area contributed by atoms with Crippen molar-refractivity contribution < 1.29 is 13.9 Å². The largest absolute Gasteiger partial charge is 0.466 e. The van der Waals surface area contributed by atoms with Crippen LogP contribution in [0.2, 0.25) is 0 Å². The molecule has 0 bridgehead atoms. The Morgan fingerprint density at radius 3 is 2.65 bits per heavy atom. The first-order valence-corrected chi connectivity index (χ1v) is 11.5. The number of benzene rings is 1. The third-order valence-electron chi connectivity index (χ3n) is 5.00. The molecule has 4 rings (SSSR count). The highest BCUT2D eigenvalue weighted by atomic mass is 32.1. The summed E-state index contributed by atoms with van der Waals surface area (Å²) in [5.41, 5.74) is 2.20. The number of likely N-dealkylation sites (N-methyl/N-ethyl adjacent to an activating group) is 1. The number of esters is 1. The van der Waals surface area contributed by atoms with E-state index in [9.17, 15) is 9.59 Å². The second-order valence-electron chi connectivity index (χ2n) is 7.09. The quantitative estimate of drug-likeness (QED) is 0.438. The minimum atomic E-state index is -0.426. The molecule has 0 amide bonds. The van der Waals surface area contributed by atoms with Crippen LogP contribution in [0, 0.1) is 0 Å². The molecule has 0 saturated carbocycles. The highest BCUT2D eigenvalue weighted by molar-refractivity contribution is 7.13. The number of anilines is 1. The fourth-order valence-electron chi connectivity index (χ4n) is 3.38. The van der Waals surface area contributed by atoms with Gasteiger partial charge in [-0.3, -0.25) is 4.79 Å². The summed E-state index contributed by atoms with van der Waals surface area (Å²) in [4.78, 5) is 33.2. The van der Waals surface area contributed by atoms with Gasteiger partial charge in [0.1, 0.15) is 10.6 Å². The zero-order chi connectivity index (χ0) is 22.4. The maximum atomic E-state index is 12.6. The highest BCUT2D eigenvalue weighted by Gasteiger charge is 2.17. The Balaban J connectivity index is 0.00000132. The molecule has 1 saturated heterocycles. The molecule has 0 atom stereocenters. The fraction of sp³-hybridized carbons (Fsp3) is 0.435. The van der Waals surface area contributed by atoms with Gasteiger partial charge in [-0.05, 0) is 32.2 Å². The number of nitrogens with zero attached hydrogens (tertiary/aromatic N) is 3. The Morgan fingerprint density at radius 1 is 1.19 bits per heavy atom. The molecule has 0 spiro atoms. The molecule has 31 heavy (non-hydrogen) atoms. The van der Waals surface area contributed by atoms with Crippen LogP contribution in [0.15, 0.2) is 38.9 Å². The SMILES string of the molecule is CC.CCOC(=O)Cc1csc(-c2cc3ccc(N4CCN(C)CC4)cc3oc2=O)n1. The van der Waals surface area contributed by atoms with Crippen molar-refractivity contribution in [3.05, 3.63) is 45.8 Å². The normalized spacial score (nSPS) is 14.3. The summed E-state index contributed by atoms with van der Waals surface area (Å²) in [6.45, 7) is 10.0. The van der Waals surface area contributed by atoms with Crippen molar-refractivity contribution in [2.75, 3.05) is 44.7 Å². The molecule has 3 heterocycles. The van der Waals surface area contributed by atoms with Crippen molar-refractivity contribution in [3.8, 4) is 10.6 Å². The van der Waals surface area contributed by atoms with Gasteiger partial charge in [0, 0.05) is 48.7 Å². The first kappa shape index (κ1) is 23.0. The molecule has 8 heteroatoms. The van der Waals surface area contributed by atoms with E-state index in [1.54, 1.807) is 12.3 Å². The standard InChI is InChI=1S/C21H23N3O4S.C2H6/c1-3-27-19(25)11-15-13-29-20(22-15)17-10-14-4-5-16(12-18(14)28-21(17)26)24-8-6-23(2)7-9-24;1-2/h4-5,10,12-13H,3,6-9,11H2,1-2H3;1-2H3. The van der Waals surface area contributed by atoms with Gasteiger partial charge in [0.15, 0.2) is 0 Å². The topological polar surface area (TPSA) is 75.9 Å². The lowest BCUT2D eigenvalue weighted by molar-refractivity contribution is -0.142.